The van der Waals surface area contributed by atoms with Crippen molar-refractivity contribution in [3.8, 4) is 0 Å². The number of halogens is 1. The van der Waals surface area contributed by atoms with Gasteiger partial charge in [-0.2, -0.15) is 0 Å². The zero-order chi connectivity index (χ0) is 13.4. The Morgan fingerprint density at radius 2 is 1.83 bits per heavy atom. The lowest BCUT2D eigenvalue weighted by atomic mass is 10.2. The highest BCUT2D eigenvalue weighted by atomic mass is 35.5. The van der Waals surface area contributed by atoms with Crippen LogP contribution >= 0.6 is 11.6 Å². The number of carbonyl (C=O) groups is 1. The molecule has 0 atom stereocenters. The summed E-state index contributed by atoms with van der Waals surface area (Å²) in [4.78, 5) is 13.8. The average molecular weight is 269 g/mol. The van der Waals surface area contributed by atoms with Crippen molar-refractivity contribution >= 4 is 28.9 Å². The molecule has 1 aromatic carbocycles. The Kier molecular flexibility index (Phi) is 6.58. The molecular formula is C14H21ClN2O. The van der Waals surface area contributed by atoms with Crippen LogP contribution in [0.1, 0.15) is 26.7 Å². The lowest BCUT2D eigenvalue weighted by Gasteiger charge is -2.21. The van der Waals surface area contributed by atoms with E-state index in [4.69, 9.17) is 11.6 Å². The standard InChI is InChI=1S/C14H21ClN2O/c1-3-17(4-2)13-9-7-12(8-10-13)16-14(18)6-5-11-15/h7-10H,3-6,11H2,1-2H3,(H,16,18). The molecule has 0 radical (unpaired) electrons. The predicted octanol–water partition coefficient (Wildman–Crippen LogP) is 3.49. The molecule has 0 unspecified atom stereocenters. The van der Waals surface area contributed by atoms with E-state index in [9.17, 15) is 4.79 Å². The van der Waals surface area contributed by atoms with E-state index in [1.54, 1.807) is 0 Å². The number of nitrogens with one attached hydrogen (secondary N) is 1. The van der Waals surface area contributed by atoms with E-state index in [0.717, 1.165) is 18.8 Å². The van der Waals surface area contributed by atoms with Crippen LogP contribution in [0.3, 0.4) is 0 Å². The molecule has 0 bridgehead atoms. The third-order valence-corrected chi connectivity index (χ3v) is 3.08. The van der Waals surface area contributed by atoms with Crippen molar-refractivity contribution in [2.24, 2.45) is 0 Å². The van der Waals surface area contributed by atoms with E-state index in [2.05, 4.69) is 24.1 Å². The van der Waals surface area contributed by atoms with E-state index in [-0.39, 0.29) is 5.91 Å². The van der Waals surface area contributed by atoms with E-state index in [1.807, 2.05) is 24.3 Å². The molecule has 0 aromatic heterocycles. The second-order valence-corrected chi connectivity index (χ2v) is 4.44. The van der Waals surface area contributed by atoms with Crippen LogP contribution in [0.5, 0.6) is 0 Å². The Labute approximate surface area is 114 Å². The summed E-state index contributed by atoms with van der Waals surface area (Å²) in [6, 6.07) is 7.94. The molecule has 1 amide bonds. The van der Waals surface area contributed by atoms with Crippen molar-refractivity contribution < 1.29 is 4.79 Å². The monoisotopic (exact) mass is 268 g/mol. The van der Waals surface area contributed by atoms with Gasteiger partial charge in [-0.25, -0.2) is 0 Å². The van der Waals surface area contributed by atoms with Gasteiger partial charge in [-0.05, 0) is 44.5 Å². The van der Waals surface area contributed by atoms with Gasteiger partial charge >= 0.3 is 0 Å². The molecule has 0 saturated heterocycles. The minimum absolute atomic E-state index is 0.0197. The summed E-state index contributed by atoms with van der Waals surface area (Å²) in [5.74, 6) is 0.542. The third-order valence-electron chi connectivity index (χ3n) is 2.82. The van der Waals surface area contributed by atoms with Crippen LogP contribution in [0.15, 0.2) is 24.3 Å². The van der Waals surface area contributed by atoms with Crippen LogP contribution in [0.2, 0.25) is 0 Å². The summed E-state index contributed by atoms with van der Waals surface area (Å²) >= 11 is 5.55. The van der Waals surface area contributed by atoms with Crippen LogP contribution in [0.25, 0.3) is 0 Å². The topological polar surface area (TPSA) is 32.3 Å². The van der Waals surface area contributed by atoms with Gasteiger partial charge in [-0.3, -0.25) is 4.79 Å². The van der Waals surface area contributed by atoms with Gasteiger partial charge in [0.1, 0.15) is 0 Å². The molecule has 4 heteroatoms. The maximum atomic E-state index is 11.5. The summed E-state index contributed by atoms with van der Waals surface area (Å²) in [5, 5.41) is 2.86. The van der Waals surface area contributed by atoms with Crippen molar-refractivity contribution in [3.05, 3.63) is 24.3 Å². The van der Waals surface area contributed by atoms with E-state index in [1.165, 1.54) is 5.69 Å². The van der Waals surface area contributed by atoms with Crippen molar-refractivity contribution in [1.29, 1.82) is 0 Å². The summed E-state index contributed by atoms with van der Waals surface area (Å²) in [7, 11) is 0. The first kappa shape index (κ1) is 14.8. The first-order valence-electron chi connectivity index (χ1n) is 6.42. The SMILES string of the molecule is CCN(CC)c1ccc(NC(=O)CCCCl)cc1. The van der Waals surface area contributed by atoms with Gasteiger partial charge in [-0.1, -0.05) is 0 Å². The maximum Gasteiger partial charge on any atom is 0.224 e. The Morgan fingerprint density at radius 3 is 2.33 bits per heavy atom. The Morgan fingerprint density at radius 1 is 1.22 bits per heavy atom. The molecule has 1 N–H and O–H groups in total. The summed E-state index contributed by atoms with van der Waals surface area (Å²) < 4.78 is 0. The molecule has 0 aliphatic carbocycles. The van der Waals surface area contributed by atoms with Gasteiger partial charge in [0.15, 0.2) is 0 Å². The molecule has 0 heterocycles. The molecule has 100 valence electrons. The van der Waals surface area contributed by atoms with Gasteiger partial charge < -0.3 is 10.2 Å². The second-order valence-electron chi connectivity index (χ2n) is 4.06. The van der Waals surface area contributed by atoms with Crippen molar-refractivity contribution in [1.82, 2.24) is 0 Å². The highest BCUT2D eigenvalue weighted by Gasteiger charge is 2.04. The number of alkyl halides is 1. The Bertz CT molecular complexity index is 361. The van der Waals surface area contributed by atoms with Crippen molar-refractivity contribution in [2.75, 3.05) is 29.2 Å². The molecule has 0 spiro atoms. The van der Waals surface area contributed by atoms with Crippen molar-refractivity contribution in [2.45, 2.75) is 26.7 Å². The summed E-state index contributed by atoms with van der Waals surface area (Å²) in [6.45, 7) is 6.23. The fourth-order valence-electron chi connectivity index (χ4n) is 1.80. The fraction of sp³-hybridized carbons (Fsp3) is 0.500. The number of hydrogen-bond donors (Lipinski definition) is 1. The summed E-state index contributed by atoms with van der Waals surface area (Å²) in [6.07, 6.45) is 1.19. The van der Waals surface area contributed by atoms with Crippen LogP contribution in [-0.2, 0) is 4.79 Å². The molecule has 3 nitrogen and oxygen atoms in total. The molecule has 18 heavy (non-hydrogen) atoms. The number of hydrogen-bond acceptors (Lipinski definition) is 2. The average Bonchev–Trinajstić information content (AvgIpc) is 2.40. The second kappa shape index (κ2) is 7.98. The van der Waals surface area contributed by atoms with Gasteiger partial charge in [0.2, 0.25) is 5.91 Å². The van der Waals surface area contributed by atoms with Crippen LogP contribution in [-0.4, -0.2) is 24.9 Å². The predicted molar refractivity (Wildman–Crippen MR) is 78.6 cm³/mol. The van der Waals surface area contributed by atoms with Crippen LogP contribution in [0, 0.1) is 0 Å². The molecule has 1 aromatic rings. The zero-order valence-corrected chi connectivity index (χ0v) is 11.8. The van der Waals surface area contributed by atoms with Gasteiger partial charge in [0.25, 0.3) is 0 Å². The largest absolute Gasteiger partial charge is 0.372 e. The molecule has 0 saturated carbocycles. The molecule has 1 rings (SSSR count). The van der Waals surface area contributed by atoms with E-state index in [0.29, 0.717) is 18.7 Å². The quantitative estimate of drug-likeness (QED) is 0.768. The number of rotatable bonds is 7. The highest BCUT2D eigenvalue weighted by Crippen LogP contribution is 2.17. The Hall–Kier alpha value is -1.22. The van der Waals surface area contributed by atoms with Gasteiger partial charge in [0, 0.05) is 36.8 Å². The minimum Gasteiger partial charge on any atom is -0.372 e. The Balaban J connectivity index is 2.57. The molecule has 0 fully saturated rings. The summed E-state index contributed by atoms with van der Waals surface area (Å²) in [5.41, 5.74) is 2.02. The number of benzene rings is 1. The highest BCUT2D eigenvalue weighted by molar-refractivity contribution is 6.18. The lowest BCUT2D eigenvalue weighted by molar-refractivity contribution is -0.116. The minimum atomic E-state index is 0.0197. The molecular weight excluding hydrogens is 248 g/mol. The lowest BCUT2D eigenvalue weighted by Crippen LogP contribution is -2.21. The fourth-order valence-corrected chi connectivity index (χ4v) is 1.93. The van der Waals surface area contributed by atoms with Crippen molar-refractivity contribution in [3.63, 3.8) is 0 Å². The number of anilines is 2. The third kappa shape index (κ3) is 4.57. The number of carbonyl (C=O) groups excluding carboxylic acids is 1. The maximum absolute atomic E-state index is 11.5. The van der Waals surface area contributed by atoms with E-state index < -0.39 is 0 Å². The van der Waals surface area contributed by atoms with Gasteiger partial charge in [-0.15, -0.1) is 11.6 Å². The number of nitrogens with zero attached hydrogens (tertiary/aromatic N) is 1. The first-order valence-corrected chi connectivity index (χ1v) is 6.95. The normalized spacial score (nSPS) is 10.2. The van der Waals surface area contributed by atoms with Gasteiger partial charge in [0.05, 0.1) is 0 Å². The van der Waals surface area contributed by atoms with E-state index >= 15 is 0 Å². The smallest absolute Gasteiger partial charge is 0.224 e. The molecule has 0 aliphatic heterocycles. The van der Waals surface area contributed by atoms with Crippen LogP contribution < -0.4 is 10.2 Å². The number of amides is 1. The zero-order valence-electron chi connectivity index (χ0n) is 11.1. The first-order chi connectivity index (χ1) is 8.71. The van der Waals surface area contributed by atoms with Crippen LogP contribution in [0.4, 0.5) is 11.4 Å². The molecule has 0 aliphatic rings.